The molecule has 0 atom stereocenters. The average Bonchev–Trinajstić information content (AvgIpc) is 2.38. The van der Waals surface area contributed by atoms with Crippen LogP contribution in [0.1, 0.15) is 5.56 Å². The van der Waals surface area contributed by atoms with E-state index in [2.05, 4.69) is 5.16 Å². The van der Waals surface area contributed by atoms with Gasteiger partial charge in [0.1, 0.15) is 11.6 Å². The molecule has 4 heteroatoms. The van der Waals surface area contributed by atoms with Gasteiger partial charge in [-0.05, 0) is 28.5 Å². The van der Waals surface area contributed by atoms with Crippen molar-refractivity contribution in [2.75, 3.05) is 7.11 Å². The third kappa shape index (κ3) is 2.30. The topological polar surface area (TPSA) is 67.8 Å². The maximum absolute atomic E-state index is 8.61. The average molecular weight is 230 g/mol. The predicted molar refractivity (Wildman–Crippen MR) is 67.6 cm³/mol. The third-order valence-corrected chi connectivity index (χ3v) is 2.68. The van der Waals surface area contributed by atoms with Crippen LogP contribution in [0.4, 0.5) is 0 Å². The highest BCUT2D eigenvalue weighted by Crippen LogP contribution is 2.24. The van der Waals surface area contributed by atoms with E-state index in [4.69, 9.17) is 15.7 Å². The minimum absolute atomic E-state index is 0.195. The van der Waals surface area contributed by atoms with Gasteiger partial charge >= 0.3 is 0 Å². The zero-order valence-electron chi connectivity index (χ0n) is 9.55. The van der Waals surface area contributed by atoms with Crippen molar-refractivity contribution in [1.82, 2.24) is 0 Å². The van der Waals surface area contributed by atoms with Gasteiger partial charge in [-0.2, -0.15) is 0 Å². The van der Waals surface area contributed by atoms with E-state index in [0.29, 0.717) is 6.42 Å². The quantitative estimate of drug-likeness (QED) is 0.367. The van der Waals surface area contributed by atoms with Crippen molar-refractivity contribution in [3.05, 3.63) is 42.0 Å². The number of hydrogen-bond acceptors (Lipinski definition) is 3. The molecule has 0 radical (unpaired) electrons. The first-order valence-corrected chi connectivity index (χ1v) is 5.26. The normalized spacial score (nSPS) is 11.7. The summed E-state index contributed by atoms with van der Waals surface area (Å²) >= 11 is 0. The summed E-state index contributed by atoms with van der Waals surface area (Å²) in [5.74, 6) is 0.991. The van der Waals surface area contributed by atoms with Gasteiger partial charge in [-0.3, -0.25) is 0 Å². The van der Waals surface area contributed by atoms with Gasteiger partial charge in [-0.15, -0.1) is 0 Å². The molecular weight excluding hydrogens is 216 g/mol. The van der Waals surface area contributed by atoms with Crippen LogP contribution >= 0.6 is 0 Å². The van der Waals surface area contributed by atoms with Crippen LogP contribution in [0.15, 0.2) is 41.6 Å². The number of fused-ring (bicyclic) bond motifs is 1. The molecule has 2 aromatic carbocycles. The second-order valence-corrected chi connectivity index (χ2v) is 3.77. The van der Waals surface area contributed by atoms with Crippen LogP contribution in [0.2, 0.25) is 0 Å². The molecule has 0 spiro atoms. The van der Waals surface area contributed by atoms with E-state index in [-0.39, 0.29) is 5.84 Å². The highest BCUT2D eigenvalue weighted by atomic mass is 16.5. The standard InChI is InChI=1S/C13H14N2O2/c1-17-11-6-5-9-3-2-4-10(12(9)8-11)7-13(14)15-16/h2-6,8,16H,7H2,1H3,(H2,14,15). The summed E-state index contributed by atoms with van der Waals surface area (Å²) in [4.78, 5) is 0. The van der Waals surface area contributed by atoms with Gasteiger partial charge in [0.2, 0.25) is 0 Å². The fraction of sp³-hybridized carbons (Fsp3) is 0.154. The maximum Gasteiger partial charge on any atom is 0.143 e. The molecule has 0 heterocycles. The molecular formula is C13H14N2O2. The molecule has 0 aliphatic heterocycles. The molecule has 0 saturated heterocycles. The summed E-state index contributed by atoms with van der Waals surface area (Å²) in [6, 6.07) is 11.8. The van der Waals surface area contributed by atoms with Crippen molar-refractivity contribution in [2.24, 2.45) is 10.9 Å². The van der Waals surface area contributed by atoms with Gasteiger partial charge in [-0.1, -0.05) is 29.4 Å². The van der Waals surface area contributed by atoms with E-state index >= 15 is 0 Å². The summed E-state index contributed by atoms with van der Waals surface area (Å²) < 4.78 is 5.20. The Balaban J connectivity index is 2.54. The van der Waals surface area contributed by atoms with Gasteiger partial charge in [0.05, 0.1) is 7.11 Å². The Morgan fingerprint density at radius 2 is 2.18 bits per heavy atom. The first-order chi connectivity index (χ1) is 8.24. The van der Waals surface area contributed by atoms with E-state index in [0.717, 1.165) is 22.1 Å². The highest BCUT2D eigenvalue weighted by molar-refractivity contribution is 5.92. The van der Waals surface area contributed by atoms with Gasteiger partial charge in [0.25, 0.3) is 0 Å². The molecule has 0 saturated carbocycles. The number of ether oxygens (including phenoxy) is 1. The molecule has 4 nitrogen and oxygen atoms in total. The second-order valence-electron chi connectivity index (χ2n) is 3.77. The largest absolute Gasteiger partial charge is 0.497 e. The van der Waals surface area contributed by atoms with E-state index in [1.54, 1.807) is 7.11 Å². The Morgan fingerprint density at radius 3 is 2.88 bits per heavy atom. The lowest BCUT2D eigenvalue weighted by Crippen LogP contribution is -2.14. The summed E-state index contributed by atoms with van der Waals surface area (Å²) in [7, 11) is 1.63. The molecule has 0 aliphatic carbocycles. The number of nitrogens with zero attached hydrogens (tertiary/aromatic N) is 1. The van der Waals surface area contributed by atoms with Crippen molar-refractivity contribution in [1.29, 1.82) is 0 Å². The number of amidine groups is 1. The van der Waals surface area contributed by atoms with Gasteiger partial charge < -0.3 is 15.7 Å². The van der Waals surface area contributed by atoms with E-state index in [1.165, 1.54) is 0 Å². The number of oxime groups is 1. The van der Waals surface area contributed by atoms with Crippen LogP contribution in [-0.2, 0) is 6.42 Å². The van der Waals surface area contributed by atoms with E-state index in [1.807, 2.05) is 36.4 Å². The molecule has 0 amide bonds. The minimum Gasteiger partial charge on any atom is -0.497 e. The number of benzene rings is 2. The number of hydrogen-bond donors (Lipinski definition) is 2. The van der Waals surface area contributed by atoms with Crippen molar-refractivity contribution in [3.8, 4) is 5.75 Å². The molecule has 0 fully saturated rings. The van der Waals surface area contributed by atoms with Crippen molar-refractivity contribution >= 4 is 16.6 Å². The lowest BCUT2D eigenvalue weighted by molar-refractivity contribution is 0.317. The van der Waals surface area contributed by atoms with Crippen molar-refractivity contribution in [3.63, 3.8) is 0 Å². The smallest absolute Gasteiger partial charge is 0.143 e. The highest BCUT2D eigenvalue weighted by Gasteiger charge is 2.04. The third-order valence-electron chi connectivity index (χ3n) is 2.68. The Morgan fingerprint density at radius 1 is 1.35 bits per heavy atom. The Bertz CT molecular complexity index is 564. The fourth-order valence-corrected chi connectivity index (χ4v) is 1.83. The Labute approximate surface area is 99.3 Å². The van der Waals surface area contributed by atoms with Crippen molar-refractivity contribution in [2.45, 2.75) is 6.42 Å². The second kappa shape index (κ2) is 4.74. The van der Waals surface area contributed by atoms with Gasteiger partial charge in [0, 0.05) is 6.42 Å². The lowest BCUT2D eigenvalue weighted by Gasteiger charge is -2.07. The van der Waals surface area contributed by atoms with E-state index < -0.39 is 0 Å². The Hall–Kier alpha value is -2.23. The van der Waals surface area contributed by atoms with Crippen LogP contribution in [0.5, 0.6) is 5.75 Å². The van der Waals surface area contributed by atoms with Crippen LogP contribution in [0.3, 0.4) is 0 Å². The first-order valence-electron chi connectivity index (χ1n) is 5.26. The molecule has 0 aliphatic rings. The first kappa shape index (κ1) is 11.3. The fourth-order valence-electron chi connectivity index (χ4n) is 1.83. The molecule has 2 aromatic rings. The Kier molecular flexibility index (Phi) is 3.14. The predicted octanol–water partition coefficient (Wildman–Crippen LogP) is 2.14. The van der Waals surface area contributed by atoms with Crippen molar-refractivity contribution < 1.29 is 9.94 Å². The van der Waals surface area contributed by atoms with Crippen LogP contribution in [0.25, 0.3) is 10.8 Å². The zero-order valence-corrected chi connectivity index (χ0v) is 9.55. The molecule has 0 unspecified atom stereocenters. The number of methoxy groups -OCH3 is 1. The molecule has 2 rings (SSSR count). The summed E-state index contributed by atoms with van der Waals surface area (Å²) in [6.45, 7) is 0. The van der Waals surface area contributed by atoms with Crippen LogP contribution < -0.4 is 10.5 Å². The molecule has 3 N–H and O–H groups in total. The summed E-state index contributed by atoms with van der Waals surface area (Å²) in [5.41, 5.74) is 6.55. The monoisotopic (exact) mass is 230 g/mol. The molecule has 88 valence electrons. The molecule has 0 aromatic heterocycles. The van der Waals surface area contributed by atoms with Crippen LogP contribution in [0, 0.1) is 0 Å². The van der Waals surface area contributed by atoms with Gasteiger partial charge in [-0.25, -0.2) is 0 Å². The SMILES string of the molecule is COc1ccc2cccc(C/C(N)=N/O)c2c1. The molecule has 17 heavy (non-hydrogen) atoms. The minimum atomic E-state index is 0.195. The van der Waals surface area contributed by atoms with Crippen LogP contribution in [-0.4, -0.2) is 18.2 Å². The van der Waals surface area contributed by atoms with E-state index in [9.17, 15) is 0 Å². The number of nitrogens with two attached hydrogens (primary N) is 1. The zero-order chi connectivity index (χ0) is 12.3. The summed E-state index contributed by atoms with van der Waals surface area (Å²) in [6.07, 6.45) is 0.418. The number of rotatable bonds is 3. The molecule has 0 bridgehead atoms. The summed E-state index contributed by atoms with van der Waals surface area (Å²) in [5, 5.41) is 13.8. The maximum atomic E-state index is 8.61. The van der Waals surface area contributed by atoms with Gasteiger partial charge in [0.15, 0.2) is 0 Å². The lowest BCUT2D eigenvalue weighted by atomic mass is 10.0.